The topological polar surface area (TPSA) is 97.4 Å². The molecule has 0 aliphatic rings. The van der Waals surface area contributed by atoms with Crippen molar-refractivity contribution in [3.05, 3.63) is 52.8 Å². The van der Waals surface area contributed by atoms with E-state index in [1.807, 2.05) is 0 Å². The first-order valence-electron chi connectivity index (χ1n) is 5.01. The molecule has 0 aliphatic heterocycles. The lowest BCUT2D eigenvalue weighted by Crippen LogP contribution is -2.18. The molecule has 2 rings (SSSR count). The number of urea groups is 1. The summed E-state index contributed by atoms with van der Waals surface area (Å²) in [5.41, 5.74) is 0.235. The summed E-state index contributed by atoms with van der Waals surface area (Å²) in [6.45, 7) is 0. The maximum atomic E-state index is 11.5. The first-order chi connectivity index (χ1) is 8.65. The Bertz CT molecular complexity index is 565. The zero-order valence-electron chi connectivity index (χ0n) is 9.12. The maximum Gasteiger partial charge on any atom is 0.326 e. The van der Waals surface area contributed by atoms with E-state index in [1.54, 1.807) is 18.2 Å². The van der Waals surface area contributed by atoms with Crippen LogP contribution < -0.4 is 10.6 Å². The van der Waals surface area contributed by atoms with Gasteiger partial charge in [0, 0.05) is 23.9 Å². The molecule has 0 atom stereocenters. The molecule has 2 amide bonds. The second-order valence-electron chi connectivity index (χ2n) is 3.36. The van der Waals surface area contributed by atoms with E-state index in [1.165, 1.54) is 24.5 Å². The largest absolute Gasteiger partial charge is 0.449 e. The molecule has 0 fully saturated rings. The minimum absolute atomic E-state index is 0.0919. The summed E-state index contributed by atoms with van der Waals surface area (Å²) in [6.07, 6.45) is 1.42. The first-order valence-corrected chi connectivity index (χ1v) is 5.01. The fraction of sp³-hybridized carbons (Fsp3) is 0. The lowest BCUT2D eigenvalue weighted by molar-refractivity contribution is -0.384. The van der Waals surface area contributed by atoms with Gasteiger partial charge in [0.2, 0.25) is 5.88 Å². The Labute approximate surface area is 102 Å². The van der Waals surface area contributed by atoms with Crippen LogP contribution in [0.4, 0.5) is 22.1 Å². The molecule has 7 nitrogen and oxygen atoms in total. The predicted molar refractivity (Wildman–Crippen MR) is 64.4 cm³/mol. The minimum Gasteiger partial charge on any atom is -0.449 e. The summed E-state index contributed by atoms with van der Waals surface area (Å²) in [4.78, 5) is 21.5. The molecule has 7 heteroatoms. The van der Waals surface area contributed by atoms with E-state index in [-0.39, 0.29) is 11.6 Å². The highest BCUT2D eigenvalue weighted by atomic mass is 16.6. The smallest absolute Gasteiger partial charge is 0.326 e. The summed E-state index contributed by atoms with van der Waals surface area (Å²) in [7, 11) is 0. The Morgan fingerprint density at radius 2 is 2.06 bits per heavy atom. The van der Waals surface area contributed by atoms with Crippen LogP contribution in [0, 0.1) is 10.1 Å². The summed E-state index contributed by atoms with van der Waals surface area (Å²) >= 11 is 0. The lowest BCUT2D eigenvalue weighted by Gasteiger charge is -2.04. The van der Waals surface area contributed by atoms with Crippen LogP contribution in [0.15, 0.2) is 47.1 Å². The molecular formula is C11H9N3O4. The van der Waals surface area contributed by atoms with Gasteiger partial charge in [-0.15, -0.1) is 0 Å². The van der Waals surface area contributed by atoms with Crippen LogP contribution in [0.3, 0.4) is 0 Å². The number of nitrogens with zero attached hydrogens (tertiary/aromatic N) is 1. The molecule has 0 spiro atoms. The number of hydrogen-bond donors (Lipinski definition) is 2. The zero-order valence-corrected chi connectivity index (χ0v) is 9.12. The van der Waals surface area contributed by atoms with Gasteiger partial charge >= 0.3 is 6.03 Å². The summed E-state index contributed by atoms with van der Waals surface area (Å²) < 4.78 is 4.92. The van der Waals surface area contributed by atoms with E-state index in [0.717, 1.165) is 0 Å². The number of rotatable bonds is 3. The average molecular weight is 247 g/mol. The molecule has 0 saturated carbocycles. The number of nitro groups is 1. The third kappa shape index (κ3) is 2.85. The standard InChI is InChI=1S/C11H9N3O4/c15-11(13-10-5-2-6-18-10)12-8-3-1-4-9(7-8)14(16)17/h1-7H,(H2,12,13,15). The molecule has 2 N–H and O–H groups in total. The maximum absolute atomic E-state index is 11.5. The van der Waals surface area contributed by atoms with Crippen molar-refractivity contribution in [2.75, 3.05) is 10.6 Å². The number of benzene rings is 1. The molecular weight excluding hydrogens is 238 g/mol. The Morgan fingerprint density at radius 3 is 2.72 bits per heavy atom. The molecule has 2 aromatic rings. The monoisotopic (exact) mass is 247 g/mol. The summed E-state index contributed by atoms with van der Waals surface area (Å²) in [6, 6.07) is 8.31. The predicted octanol–water partition coefficient (Wildman–Crippen LogP) is 2.83. The van der Waals surface area contributed by atoms with Gasteiger partial charge in [-0.2, -0.15) is 0 Å². The number of hydrogen-bond acceptors (Lipinski definition) is 4. The average Bonchev–Trinajstić information content (AvgIpc) is 2.82. The van der Waals surface area contributed by atoms with Gasteiger partial charge in [-0.05, 0) is 12.1 Å². The Hall–Kier alpha value is -2.83. The van der Waals surface area contributed by atoms with Crippen molar-refractivity contribution in [1.82, 2.24) is 0 Å². The highest BCUT2D eigenvalue weighted by Gasteiger charge is 2.08. The molecule has 0 unspecified atom stereocenters. The van der Waals surface area contributed by atoms with Crippen molar-refractivity contribution in [3.8, 4) is 0 Å². The molecule has 0 saturated heterocycles. The first kappa shape index (κ1) is 11.6. The van der Waals surface area contributed by atoms with E-state index in [4.69, 9.17) is 4.42 Å². The molecule has 18 heavy (non-hydrogen) atoms. The molecule has 1 heterocycles. The van der Waals surface area contributed by atoms with Gasteiger partial charge in [-0.1, -0.05) is 6.07 Å². The molecule has 92 valence electrons. The normalized spacial score (nSPS) is 9.78. The Balaban J connectivity index is 2.03. The molecule has 0 radical (unpaired) electrons. The van der Waals surface area contributed by atoms with E-state index < -0.39 is 11.0 Å². The number of nitro benzene ring substituents is 1. The lowest BCUT2D eigenvalue weighted by atomic mass is 10.3. The van der Waals surface area contributed by atoms with Gasteiger partial charge in [-0.25, -0.2) is 4.79 Å². The third-order valence-electron chi connectivity index (χ3n) is 2.07. The van der Waals surface area contributed by atoms with Crippen molar-refractivity contribution in [3.63, 3.8) is 0 Å². The quantitative estimate of drug-likeness (QED) is 0.643. The van der Waals surface area contributed by atoms with Crippen molar-refractivity contribution < 1.29 is 14.1 Å². The van der Waals surface area contributed by atoms with Gasteiger partial charge in [0.15, 0.2) is 0 Å². The fourth-order valence-electron chi connectivity index (χ4n) is 1.32. The second kappa shape index (κ2) is 5.00. The van der Waals surface area contributed by atoms with Crippen LogP contribution >= 0.6 is 0 Å². The van der Waals surface area contributed by atoms with Gasteiger partial charge < -0.3 is 9.73 Å². The number of anilines is 2. The van der Waals surface area contributed by atoms with Crippen LogP contribution in [0.25, 0.3) is 0 Å². The van der Waals surface area contributed by atoms with E-state index >= 15 is 0 Å². The van der Waals surface area contributed by atoms with Gasteiger partial charge in [0.1, 0.15) is 0 Å². The van der Waals surface area contributed by atoms with Crippen molar-refractivity contribution >= 4 is 23.3 Å². The SMILES string of the molecule is O=C(Nc1cccc([N+](=O)[O-])c1)Nc1ccco1. The Morgan fingerprint density at radius 1 is 1.22 bits per heavy atom. The van der Waals surface area contributed by atoms with Crippen molar-refractivity contribution in [1.29, 1.82) is 0 Å². The van der Waals surface area contributed by atoms with Crippen LogP contribution in [-0.4, -0.2) is 11.0 Å². The number of amides is 2. The van der Waals surface area contributed by atoms with E-state index in [2.05, 4.69) is 10.6 Å². The molecule has 0 aliphatic carbocycles. The van der Waals surface area contributed by atoms with Gasteiger partial charge in [0.05, 0.1) is 11.2 Å². The molecule has 0 bridgehead atoms. The minimum atomic E-state index is -0.537. The number of carbonyl (C=O) groups excluding carboxylic acids is 1. The van der Waals surface area contributed by atoms with Crippen LogP contribution in [0.5, 0.6) is 0 Å². The second-order valence-corrected chi connectivity index (χ2v) is 3.36. The molecule has 1 aromatic carbocycles. The van der Waals surface area contributed by atoms with E-state index in [0.29, 0.717) is 5.69 Å². The number of carbonyl (C=O) groups is 1. The third-order valence-corrected chi connectivity index (χ3v) is 2.07. The fourth-order valence-corrected chi connectivity index (χ4v) is 1.32. The number of nitrogens with one attached hydrogen (secondary N) is 2. The summed E-state index contributed by atoms with van der Waals surface area (Å²) in [5, 5.41) is 15.5. The van der Waals surface area contributed by atoms with Crippen LogP contribution in [0.1, 0.15) is 0 Å². The highest BCUT2D eigenvalue weighted by Crippen LogP contribution is 2.17. The van der Waals surface area contributed by atoms with Crippen molar-refractivity contribution in [2.24, 2.45) is 0 Å². The highest BCUT2D eigenvalue weighted by molar-refractivity contribution is 5.99. The van der Waals surface area contributed by atoms with Crippen LogP contribution in [-0.2, 0) is 0 Å². The summed E-state index contributed by atoms with van der Waals surface area (Å²) in [5.74, 6) is 0.290. The number of furan rings is 1. The number of non-ortho nitro benzene ring substituents is 1. The molecule has 1 aromatic heterocycles. The Kier molecular flexibility index (Phi) is 3.24. The zero-order chi connectivity index (χ0) is 13.0. The van der Waals surface area contributed by atoms with E-state index in [9.17, 15) is 14.9 Å². The van der Waals surface area contributed by atoms with Crippen LogP contribution in [0.2, 0.25) is 0 Å². The van der Waals surface area contributed by atoms with Crippen molar-refractivity contribution in [2.45, 2.75) is 0 Å². The van der Waals surface area contributed by atoms with Gasteiger partial charge in [-0.3, -0.25) is 15.4 Å². The van der Waals surface area contributed by atoms with Gasteiger partial charge in [0.25, 0.3) is 5.69 Å².